The van der Waals surface area contributed by atoms with E-state index in [0.29, 0.717) is 6.54 Å². The number of rotatable bonds is 6. The summed E-state index contributed by atoms with van der Waals surface area (Å²) in [5.41, 5.74) is 0.223. The fraction of sp³-hybridized carbons (Fsp3) is 0.929. The lowest BCUT2D eigenvalue weighted by Gasteiger charge is -2.45. The molecule has 1 fully saturated rings. The monoisotopic (exact) mass is 334 g/mol. The maximum atomic E-state index is 11.3. The van der Waals surface area contributed by atoms with Gasteiger partial charge in [-0.15, -0.1) is 0 Å². The van der Waals surface area contributed by atoms with Gasteiger partial charge in [0.05, 0.1) is 7.11 Å². The summed E-state index contributed by atoms with van der Waals surface area (Å²) in [6.45, 7) is 3.86. The third kappa shape index (κ3) is 4.72. The Balaban J connectivity index is 2.49. The summed E-state index contributed by atoms with van der Waals surface area (Å²) in [4.78, 5) is 13.4. The van der Waals surface area contributed by atoms with Gasteiger partial charge in [-0.05, 0) is 32.9 Å². The average Bonchev–Trinajstić information content (AvgIpc) is 2.37. The van der Waals surface area contributed by atoms with Crippen LogP contribution in [0, 0.1) is 5.92 Å². The number of alkyl halides is 1. The molecule has 1 saturated carbocycles. The first kappa shape index (κ1) is 16.9. The molecule has 3 atom stereocenters. The van der Waals surface area contributed by atoms with Gasteiger partial charge in [-0.2, -0.15) is 0 Å². The van der Waals surface area contributed by atoms with E-state index in [1.807, 2.05) is 0 Å². The summed E-state index contributed by atoms with van der Waals surface area (Å²) in [5.74, 6) is 0.557. The van der Waals surface area contributed by atoms with Crippen LogP contribution in [0.25, 0.3) is 0 Å². The first-order valence-corrected chi connectivity index (χ1v) is 7.93. The Morgan fingerprint density at radius 3 is 2.79 bits per heavy atom. The maximum Gasteiger partial charge on any atom is 0.320 e. The molecule has 0 saturated heterocycles. The van der Waals surface area contributed by atoms with Crippen molar-refractivity contribution >= 4 is 21.9 Å². The number of halogens is 1. The van der Waals surface area contributed by atoms with Crippen molar-refractivity contribution in [2.45, 2.75) is 43.0 Å². The molecule has 0 bridgehead atoms. The highest BCUT2D eigenvalue weighted by Crippen LogP contribution is 2.35. The number of carbonyl (C=O) groups excluding carboxylic acids is 1. The van der Waals surface area contributed by atoms with Gasteiger partial charge in [0, 0.05) is 18.6 Å². The van der Waals surface area contributed by atoms with Crippen LogP contribution in [0.4, 0.5) is 0 Å². The van der Waals surface area contributed by atoms with E-state index in [1.54, 1.807) is 0 Å². The van der Waals surface area contributed by atoms with Gasteiger partial charge in [-0.3, -0.25) is 4.79 Å². The standard InChI is InChI=1S/C14H27BrN2O2/c1-11-6-5-7-14(8-11,17(2)3)10-16-9-12(15)13(18)19-4/h11-12,16H,5-10H2,1-4H3. The summed E-state index contributed by atoms with van der Waals surface area (Å²) < 4.78 is 4.71. The minimum Gasteiger partial charge on any atom is -0.468 e. The van der Waals surface area contributed by atoms with E-state index in [2.05, 4.69) is 47.2 Å². The van der Waals surface area contributed by atoms with E-state index in [-0.39, 0.29) is 16.3 Å². The van der Waals surface area contributed by atoms with Crippen LogP contribution < -0.4 is 5.32 Å². The molecule has 0 amide bonds. The van der Waals surface area contributed by atoms with Crippen LogP contribution in [-0.4, -0.2) is 55.5 Å². The Morgan fingerprint density at radius 2 is 2.26 bits per heavy atom. The molecule has 1 rings (SSSR count). The number of likely N-dealkylation sites (N-methyl/N-ethyl adjacent to an activating group) is 1. The first-order valence-electron chi connectivity index (χ1n) is 7.01. The minimum atomic E-state index is -0.266. The normalized spacial score (nSPS) is 29.3. The molecule has 4 nitrogen and oxygen atoms in total. The van der Waals surface area contributed by atoms with Crippen molar-refractivity contribution in [3.05, 3.63) is 0 Å². The number of carbonyl (C=O) groups is 1. The van der Waals surface area contributed by atoms with Crippen molar-refractivity contribution in [2.24, 2.45) is 5.92 Å². The third-order valence-electron chi connectivity index (χ3n) is 4.25. The second-order valence-electron chi connectivity index (χ2n) is 5.94. The molecule has 0 aliphatic heterocycles. The van der Waals surface area contributed by atoms with E-state index >= 15 is 0 Å². The lowest BCUT2D eigenvalue weighted by atomic mass is 9.75. The number of nitrogens with one attached hydrogen (secondary N) is 1. The van der Waals surface area contributed by atoms with E-state index in [1.165, 1.54) is 32.8 Å². The zero-order chi connectivity index (χ0) is 14.5. The molecule has 5 heteroatoms. The highest BCUT2D eigenvalue weighted by molar-refractivity contribution is 9.10. The van der Waals surface area contributed by atoms with Crippen molar-refractivity contribution in [3.63, 3.8) is 0 Å². The molecule has 0 aromatic heterocycles. The quantitative estimate of drug-likeness (QED) is 0.596. The number of hydrogen-bond donors (Lipinski definition) is 1. The summed E-state index contributed by atoms with van der Waals surface area (Å²) in [5, 5.41) is 3.42. The fourth-order valence-electron chi connectivity index (χ4n) is 3.00. The van der Waals surface area contributed by atoms with Gasteiger partial charge in [0.25, 0.3) is 0 Å². The van der Waals surface area contributed by atoms with Crippen molar-refractivity contribution in [3.8, 4) is 0 Å². The zero-order valence-corrected chi connectivity index (χ0v) is 14.1. The molecule has 3 unspecified atom stereocenters. The first-order chi connectivity index (χ1) is 8.91. The minimum absolute atomic E-state index is 0.219. The Labute approximate surface area is 125 Å². The lowest BCUT2D eigenvalue weighted by molar-refractivity contribution is -0.139. The summed E-state index contributed by atoms with van der Waals surface area (Å²) in [6.07, 6.45) is 5.06. The number of ether oxygens (including phenoxy) is 1. The molecule has 1 aliphatic carbocycles. The molecule has 0 spiro atoms. The van der Waals surface area contributed by atoms with Crippen molar-refractivity contribution in [1.29, 1.82) is 0 Å². The van der Waals surface area contributed by atoms with E-state index in [0.717, 1.165) is 12.5 Å². The van der Waals surface area contributed by atoms with Crippen molar-refractivity contribution in [1.82, 2.24) is 10.2 Å². The van der Waals surface area contributed by atoms with Crippen LogP contribution in [0.1, 0.15) is 32.6 Å². The van der Waals surface area contributed by atoms with Crippen molar-refractivity contribution < 1.29 is 9.53 Å². The number of hydrogen-bond acceptors (Lipinski definition) is 4. The van der Waals surface area contributed by atoms with Crippen LogP contribution in [0.15, 0.2) is 0 Å². The number of methoxy groups -OCH3 is 1. The highest BCUT2D eigenvalue weighted by Gasteiger charge is 2.36. The predicted molar refractivity (Wildman–Crippen MR) is 81.7 cm³/mol. The fourth-order valence-corrected chi connectivity index (χ4v) is 3.42. The van der Waals surface area contributed by atoms with Gasteiger partial charge in [0.15, 0.2) is 0 Å². The van der Waals surface area contributed by atoms with Gasteiger partial charge < -0.3 is 15.0 Å². The molecule has 112 valence electrons. The second-order valence-corrected chi connectivity index (χ2v) is 7.05. The predicted octanol–water partition coefficient (Wildman–Crippen LogP) is 2.02. The number of nitrogens with zero attached hydrogens (tertiary/aromatic N) is 1. The lowest BCUT2D eigenvalue weighted by Crippen LogP contribution is -2.55. The molecule has 1 aliphatic rings. The third-order valence-corrected chi connectivity index (χ3v) is 4.95. The molecule has 1 N–H and O–H groups in total. The molecular formula is C14H27BrN2O2. The zero-order valence-electron chi connectivity index (χ0n) is 12.5. The van der Waals surface area contributed by atoms with Gasteiger partial charge in [0.1, 0.15) is 4.83 Å². The van der Waals surface area contributed by atoms with Gasteiger partial charge in [-0.1, -0.05) is 35.7 Å². The summed E-state index contributed by atoms with van der Waals surface area (Å²) in [6, 6.07) is 0. The van der Waals surface area contributed by atoms with E-state index in [9.17, 15) is 4.79 Å². The van der Waals surface area contributed by atoms with Crippen LogP contribution in [-0.2, 0) is 9.53 Å². The smallest absolute Gasteiger partial charge is 0.320 e. The van der Waals surface area contributed by atoms with E-state index < -0.39 is 0 Å². The molecule has 0 aromatic rings. The van der Waals surface area contributed by atoms with Gasteiger partial charge >= 0.3 is 5.97 Å². The highest BCUT2D eigenvalue weighted by atomic mass is 79.9. The van der Waals surface area contributed by atoms with Crippen LogP contribution in [0.5, 0.6) is 0 Å². The summed E-state index contributed by atoms with van der Waals surface area (Å²) in [7, 11) is 5.73. The maximum absolute atomic E-state index is 11.3. The van der Waals surface area contributed by atoms with E-state index in [4.69, 9.17) is 4.74 Å². The topological polar surface area (TPSA) is 41.6 Å². The van der Waals surface area contributed by atoms with Crippen LogP contribution >= 0.6 is 15.9 Å². The number of esters is 1. The molecule has 0 heterocycles. The molecule has 0 radical (unpaired) electrons. The summed E-state index contributed by atoms with van der Waals surface area (Å²) >= 11 is 3.34. The molecule has 0 aromatic carbocycles. The Bertz CT molecular complexity index is 299. The molecular weight excluding hydrogens is 308 g/mol. The second kappa shape index (κ2) is 7.60. The Kier molecular flexibility index (Phi) is 6.77. The van der Waals surface area contributed by atoms with Crippen LogP contribution in [0.3, 0.4) is 0 Å². The average molecular weight is 335 g/mol. The van der Waals surface area contributed by atoms with Crippen LogP contribution in [0.2, 0.25) is 0 Å². The Morgan fingerprint density at radius 1 is 1.58 bits per heavy atom. The SMILES string of the molecule is COC(=O)C(Br)CNCC1(N(C)C)CCCC(C)C1. The molecule has 19 heavy (non-hydrogen) atoms. The van der Waals surface area contributed by atoms with Crippen molar-refractivity contribution in [2.75, 3.05) is 34.3 Å². The Hall–Kier alpha value is -0.130. The van der Waals surface area contributed by atoms with Gasteiger partial charge in [-0.25, -0.2) is 0 Å². The van der Waals surface area contributed by atoms with Gasteiger partial charge in [0.2, 0.25) is 0 Å². The largest absolute Gasteiger partial charge is 0.468 e.